The van der Waals surface area contributed by atoms with Gasteiger partial charge in [-0.25, -0.2) is 4.79 Å². The van der Waals surface area contributed by atoms with Crippen LogP contribution in [0, 0.1) is 0 Å². The maximum absolute atomic E-state index is 11.7. The van der Waals surface area contributed by atoms with E-state index in [9.17, 15) is 9.59 Å². The molecule has 1 aromatic carbocycles. The number of carbonyl (C=O) groups is 2. The zero-order chi connectivity index (χ0) is 15.7. The van der Waals surface area contributed by atoms with Crippen molar-refractivity contribution in [2.45, 2.75) is 25.3 Å². The van der Waals surface area contributed by atoms with Gasteiger partial charge in [-0.1, -0.05) is 12.1 Å². The lowest BCUT2D eigenvalue weighted by Crippen LogP contribution is -2.41. The van der Waals surface area contributed by atoms with Crippen LogP contribution in [0.15, 0.2) is 24.3 Å². The van der Waals surface area contributed by atoms with Gasteiger partial charge in [-0.2, -0.15) is 0 Å². The number of ether oxygens (including phenoxy) is 1. The average molecular weight is 294 g/mol. The van der Waals surface area contributed by atoms with Gasteiger partial charge in [0.05, 0.1) is 11.6 Å². The van der Waals surface area contributed by atoms with Gasteiger partial charge in [0.2, 0.25) is 5.91 Å². The number of hydrogen-bond acceptors (Lipinski definition) is 4. The third-order valence-electron chi connectivity index (χ3n) is 3.09. The number of aromatic carboxylic acids is 1. The molecule has 6 heteroatoms. The molecule has 1 unspecified atom stereocenters. The second-order valence-corrected chi connectivity index (χ2v) is 4.79. The summed E-state index contributed by atoms with van der Waals surface area (Å²) < 4.78 is 4.91. The third kappa shape index (κ3) is 6.37. The minimum Gasteiger partial charge on any atom is -0.478 e. The predicted octanol–water partition coefficient (Wildman–Crippen LogP) is 0.797. The third-order valence-corrected chi connectivity index (χ3v) is 3.09. The van der Waals surface area contributed by atoms with Gasteiger partial charge in [-0.05, 0) is 37.0 Å². The van der Waals surface area contributed by atoms with E-state index in [1.807, 2.05) is 6.07 Å². The van der Waals surface area contributed by atoms with E-state index in [2.05, 4.69) is 5.32 Å². The number of amides is 1. The quantitative estimate of drug-likeness (QED) is 0.585. The van der Waals surface area contributed by atoms with Crippen molar-refractivity contribution in [3.63, 3.8) is 0 Å². The molecular formula is C15H22N2O4. The Morgan fingerprint density at radius 3 is 2.86 bits per heavy atom. The van der Waals surface area contributed by atoms with Crippen molar-refractivity contribution < 1.29 is 19.4 Å². The smallest absolute Gasteiger partial charge is 0.335 e. The number of carboxylic acids is 1. The van der Waals surface area contributed by atoms with Gasteiger partial charge in [0.1, 0.15) is 0 Å². The Kier molecular flexibility index (Phi) is 7.42. The fourth-order valence-corrected chi connectivity index (χ4v) is 1.90. The Balaban J connectivity index is 2.34. The molecule has 1 atom stereocenters. The summed E-state index contributed by atoms with van der Waals surface area (Å²) in [6.07, 6.45) is 1.89. The second-order valence-electron chi connectivity index (χ2n) is 4.79. The molecule has 0 spiro atoms. The highest BCUT2D eigenvalue weighted by Crippen LogP contribution is 2.05. The first-order chi connectivity index (χ1) is 10.0. The normalized spacial score (nSPS) is 11.9. The van der Waals surface area contributed by atoms with Crippen LogP contribution in [0.5, 0.6) is 0 Å². The van der Waals surface area contributed by atoms with Crippen LogP contribution in [0.2, 0.25) is 0 Å². The number of hydrogen-bond donors (Lipinski definition) is 3. The molecule has 1 aromatic rings. The summed E-state index contributed by atoms with van der Waals surface area (Å²) in [6, 6.07) is 6.13. The fraction of sp³-hybridized carbons (Fsp3) is 0.467. The lowest BCUT2D eigenvalue weighted by atomic mass is 10.1. The SMILES string of the molecule is COCCCC(N)C(=O)NCCc1cccc(C(=O)O)c1. The Bertz CT molecular complexity index is 476. The zero-order valence-electron chi connectivity index (χ0n) is 12.2. The zero-order valence-corrected chi connectivity index (χ0v) is 12.2. The van der Waals surface area contributed by atoms with E-state index in [0.717, 1.165) is 12.0 Å². The minimum atomic E-state index is -0.957. The molecule has 1 amide bonds. The molecule has 0 heterocycles. The van der Waals surface area contributed by atoms with Crippen molar-refractivity contribution in [1.29, 1.82) is 0 Å². The maximum atomic E-state index is 11.7. The first-order valence-electron chi connectivity index (χ1n) is 6.89. The van der Waals surface area contributed by atoms with Gasteiger partial charge in [0.15, 0.2) is 0 Å². The van der Waals surface area contributed by atoms with E-state index in [4.69, 9.17) is 15.6 Å². The fourth-order valence-electron chi connectivity index (χ4n) is 1.90. The van der Waals surface area contributed by atoms with Gasteiger partial charge < -0.3 is 20.9 Å². The van der Waals surface area contributed by atoms with Crippen LogP contribution >= 0.6 is 0 Å². The summed E-state index contributed by atoms with van der Waals surface area (Å²) in [5, 5.41) is 11.7. The highest BCUT2D eigenvalue weighted by molar-refractivity contribution is 5.87. The molecule has 6 nitrogen and oxygen atoms in total. The molecular weight excluding hydrogens is 272 g/mol. The molecule has 0 aromatic heterocycles. The Morgan fingerprint density at radius 1 is 1.43 bits per heavy atom. The van der Waals surface area contributed by atoms with Gasteiger partial charge >= 0.3 is 5.97 Å². The minimum absolute atomic E-state index is 0.194. The molecule has 0 fully saturated rings. The predicted molar refractivity (Wildman–Crippen MR) is 79.2 cm³/mol. The number of carbonyl (C=O) groups excluding carboxylic acids is 1. The molecule has 1 rings (SSSR count). The van der Waals surface area contributed by atoms with Crippen molar-refractivity contribution in [2.24, 2.45) is 5.73 Å². The van der Waals surface area contributed by atoms with Crippen LogP contribution in [-0.2, 0) is 16.0 Å². The number of rotatable bonds is 9. The van der Waals surface area contributed by atoms with Crippen LogP contribution in [-0.4, -0.2) is 43.3 Å². The molecule has 0 aliphatic carbocycles. The van der Waals surface area contributed by atoms with Crippen molar-refractivity contribution >= 4 is 11.9 Å². The molecule has 0 aliphatic rings. The summed E-state index contributed by atoms with van der Waals surface area (Å²) in [7, 11) is 1.61. The van der Waals surface area contributed by atoms with E-state index in [1.54, 1.807) is 19.2 Å². The number of nitrogens with two attached hydrogens (primary N) is 1. The van der Waals surface area contributed by atoms with Crippen LogP contribution in [0.25, 0.3) is 0 Å². The number of methoxy groups -OCH3 is 1. The second kappa shape index (κ2) is 9.10. The standard InChI is InChI=1S/C15H22N2O4/c1-21-9-3-6-13(16)14(18)17-8-7-11-4-2-5-12(10-11)15(19)20/h2,4-5,10,13H,3,6-9,16H2,1H3,(H,17,18)(H,19,20). The first-order valence-corrected chi connectivity index (χ1v) is 6.89. The number of nitrogens with one attached hydrogen (secondary N) is 1. The molecule has 21 heavy (non-hydrogen) atoms. The van der Waals surface area contributed by atoms with Gasteiger partial charge in [0.25, 0.3) is 0 Å². The molecule has 116 valence electrons. The van der Waals surface area contributed by atoms with Crippen LogP contribution < -0.4 is 11.1 Å². The molecule has 0 radical (unpaired) electrons. The van der Waals surface area contributed by atoms with Crippen molar-refractivity contribution in [2.75, 3.05) is 20.3 Å². The van der Waals surface area contributed by atoms with Crippen LogP contribution in [0.4, 0.5) is 0 Å². The van der Waals surface area contributed by atoms with Crippen molar-refractivity contribution in [3.05, 3.63) is 35.4 Å². The molecule has 0 bridgehead atoms. The van der Waals surface area contributed by atoms with Crippen molar-refractivity contribution in [3.8, 4) is 0 Å². The van der Waals surface area contributed by atoms with E-state index < -0.39 is 12.0 Å². The molecule has 0 aliphatic heterocycles. The molecule has 0 saturated carbocycles. The number of benzene rings is 1. The topological polar surface area (TPSA) is 102 Å². The summed E-state index contributed by atoms with van der Waals surface area (Å²) in [5.41, 5.74) is 6.87. The van der Waals surface area contributed by atoms with E-state index in [1.165, 1.54) is 6.07 Å². The van der Waals surface area contributed by atoms with Crippen molar-refractivity contribution in [1.82, 2.24) is 5.32 Å². The van der Waals surface area contributed by atoms with E-state index >= 15 is 0 Å². The first kappa shape index (κ1) is 17.1. The summed E-state index contributed by atoms with van der Waals surface area (Å²) in [5.74, 6) is -1.15. The lowest BCUT2D eigenvalue weighted by molar-refractivity contribution is -0.122. The Morgan fingerprint density at radius 2 is 2.19 bits per heavy atom. The van der Waals surface area contributed by atoms with Crippen LogP contribution in [0.3, 0.4) is 0 Å². The highest BCUT2D eigenvalue weighted by Gasteiger charge is 2.12. The molecule has 0 saturated heterocycles. The average Bonchev–Trinajstić information content (AvgIpc) is 2.47. The summed E-state index contributed by atoms with van der Waals surface area (Å²) in [4.78, 5) is 22.6. The van der Waals surface area contributed by atoms with Gasteiger partial charge in [0, 0.05) is 20.3 Å². The monoisotopic (exact) mass is 294 g/mol. The van der Waals surface area contributed by atoms with E-state index in [-0.39, 0.29) is 11.5 Å². The Labute approximate surface area is 124 Å². The largest absolute Gasteiger partial charge is 0.478 e. The summed E-state index contributed by atoms with van der Waals surface area (Å²) in [6.45, 7) is 1.02. The Hall–Kier alpha value is -1.92. The van der Waals surface area contributed by atoms with Gasteiger partial charge in [-0.3, -0.25) is 4.79 Å². The highest BCUT2D eigenvalue weighted by atomic mass is 16.5. The summed E-state index contributed by atoms with van der Waals surface area (Å²) >= 11 is 0. The number of carboxylic acid groups (broad SMARTS) is 1. The molecule has 4 N–H and O–H groups in total. The maximum Gasteiger partial charge on any atom is 0.335 e. The van der Waals surface area contributed by atoms with Crippen LogP contribution in [0.1, 0.15) is 28.8 Å². The van der Waals surface area contributed by atoms with E-state index in [0.29, 0.717) is 26.0 Å². The van der Waals surface area contributed by atoms with Gasteiger partial charge in [-0.15, -0.1) is 0 Å². The lowest BCUT2D eigenvalue weighted by Gasteiger charge is -2.12.